The van der Waals surface area contributed by atoms with Gasteiger partial charge in [0, 0.05) is 36.6 Å². The Morgan fingerprint density at radius 2 is 2.11 bits per heavy atom. The van der Waals surface area contributed by atoms with Gasteiger partial charge < -0.3 is 9.38 Å². The van der Waals surface area contributed by atoms with E-state index >= 15 is 0 Å². The Kier molecular flexibility index (Phi) is 2.48. The van der Waals surface area contributed by atoms with Gasteiger partial charge >= 0.3 is 0 Å². The summed E-state index contributed by atoms with van der Waals surface area (Å²) in [5.41, 5.74) is 2.54. The predicted octanol–water partition coefficient (Wildman–Crippen LogP) is 2.36. The van der Waals surface area contributed by atoms with E-state index in [9.17, 15) is 9.18 Å². The fourth-order valence-corrected chi connectivity index (χ4v) is 2.03. The van der Waals surface area contributed by atoms with Crippen molar-refractivity contribution in [2.45, 2.75) is 6.42 Å². The molecule has 1 N–H and O–H groups in total. The Hall–Kier alpha value is -2.36. The van der Waals surface area contributed by atoms with E-state index in [1.807, 2.05) is 16.7 Å². The van der Waals surface area contributed by atoms with Crippen molar-refractivity contribution >= 4 is 5.65 Å². The molecule has 0 fully saturated rings. The molecule has 3 nitrogen and oxygen atoms in total. The van der Waals surface area contributed by atoms with Crippen molar-refractivity contribution in [3.8, 4) is 0 Å². The highest BCUT2D eigenvalue weighted by molar-refractivity contribution is 5.40. The Bertz CT molecular complexity index is 758. The lowest BCUT2D eigenvalue weighted by Gasteiger charge is -1.98. The molecule has 3 rings (SSSR count). The van der Waals surface area contributed by atoms with Gasteiger partial charge in [-0.05, 0) is 17.7 Å². The molecule has 0 spiro atoms. The molecule has 4 heteroatoms. The number of nitrogens with one attached hydrogen (secondary N) is 1. The monoisotopic (exact) mass is 242 g/mol. The van der Waals surface area contributed by atoms with E-state index in [1.54, 1.807) is 12.3 Å². The summed E-state index contributed by atoms with van der Waals surface area (Å²) < 4.78 is 14.9. The van der Waals surface area contributed by atoms with Crippen molar-refractivity contribution in [3.63, 3.8) is 0 Å². The van der Waals surface area contributed by atoms with Crippen LogP contribution in [0.5, 0.6) is 0 Å². The van der Waals surface area contributed by atoms with Crippen molar-refractivity contribution in [2.24, 2.45) is 0 Å². The Morgan fingerprint density at radius 1 is 1.22 bits per heavy atom. The molecule has 0 atom stereocenters. The first kappa shape index (κ1) is 10.8. The highest BCUT2D eigenvalue weighted by Gasteiger charge is 2.02. The standard InChI is InChI=1S/C14H11FN2O/c15-11-3-1-2-10(6-11)7-12-9-17-5-4-13(18)8-14(17)16-12/h1-6,8-9,16H,7H2. The predicted molar refractivity (Wildman–Crippen MR) is 67.2 cm³/mol. The molecule has 0 aliphatic carbocycles. The smallest absolute Gasteiger partial charge is 0.183 e. The van der Waals surface area contributed by atoms with Crippen molar-refractivity contribution in [3.05, 3.63) is 76.1 Å². The van der Waals surface area contributed by atoms with E-state index < -0.39 is 0 Å². The molecule has 0 aliphatic heterocycles. The van der Waals surface area contributed by atoms with E-state index in [0.29, 0.717) is 6.42 Å². The zero-order valence-corrected chi connectivity index (χ0v) is 9.56. The molecule has 0 saturated carbocycles. The lowest BCUT2D eigenvalue weighted by Crippen LogP contribution is -1.97. The molecule has 3 aromatic rings. The first-order valence-corrected chi connectivity index (χ1v) is 5.65. The van der Waals surface area contributed by atoms with E-state index in [-0.39, 0.29) is 11.2 Å². The second kappa shape index (κ2) is 4.14. The summed E-state index contributed by atoms with van der Waals surface area (Å²) in [5, 5.41) is 0. The summed E-state index contributed by atoms with van der Waals surface area (Å²) in [6.07, 6.45) is 4.22. The molecular formula is C14H11FN2O. The summed E-state index contributed by atoms with van der Waals surface area (Å²) in [5.74, 6) is -0.238. The number of H-pyrrole nitrogens is 1. The fraction of sp³-hybridized carbons (Fsp3) is 0.0714. The average Bonchev–Trinajstić information content (AvgIpc) is 2.70. The van der Waals surface area contributed by atoms with Crippen molar-refractivity contribution in [2.75, 3.05) is 0 Å². The maximum atomic E-state index is 13.1. The number of aromatic amines is 1. The normalized spacial score (nSPS) is 10.9. The molecule has 0 bridgehead atoms. The Balaban J connectivity index is 1.98. The van der Waals surface area contributed by atoms with E-state index in [2.05, 4.69) is 4.98 Å². The highest BCUT2D eigenvalue weighted by atomic mass is 19.1. The van der Waals surface area contributed by atoms with Crippen molar-refractivity contribution < 1.29 is 4.39 Å². The quantitative estimate of drug-likeness (QED) is 0.736. The maximum Gasteiger partial charge on any atom is 0.183 e. The van der Waals surface area contributed by atoms with Crippen LogP contribution in [0.2, 0.25) is 0 Å². The second-order valence-corrected chi connectivity index (χ2v) is 4.24. The van der Waals surface area contributed by atoms with Crippen LogP contribution in [0.25, 0.3) is 5.65 Å². The minimum atomic E-state index is -0.238. The van der Waals surface area contributed by atoms with Gasteiger partial charge in [-0.1, -0.05) is 12.1 Å². The van der Waals surface area contributed by atoms with Crippen LogP contribution < -0.4 is 5.43 Å². The molecular weight excluding hydrogens is 231 g/mol. The lowest BCUT2D eigenvalue weighted by atomic mass is 10.1. The minimum absolute atomic E-state index is 0.0332. The van der Waals surface area contributed by atoms with Gasteiger partial charge in [0.15, 0.2) is 5.43 Å². The van der Waals surface area contributed by atoms with Crippen LogP contribution in [-0.2, 0) is 6.42 Å². The second-order valence-electron chi connectivity index (χ2n) is 4.24. The molecule has 0 saturated heterocycles. The van der Waals surface area contributed by atoms with E-state index in [1.165, 1.54) is 24.3 Å². The molecule has 0 unspecified atom stereocenters. The number of fused-ring (bicyclic) bond motifs is 1. The summed E-state index contributed by atoms with van der Waals surface area (Å²) in [6.45, 7) is 0. The largest absolute Gasteiger partial charge is 0.343 e. The maximum absolute atomic E-state index is 13.1. The SMILES string of the molecule is O=c1ccn2cc(Cc3cccc(F)c3)[nH]c2c1. The number of aromatic nitrogens is 2. The fourth-order valence-electron chi connectivity index (χ4n) is 2.03. The third-order valence-electron chi connectivity index (χ3n) is 2.82. The van der Waals surface area contributed by atoms with Crippen LogP contribution >= 0.6 is 0 Å². The van der Waals surface area contributed by atoms with E-state index in [0.717, 1.165) is 16.9 Å². The van der Waals surface area contributed by atoms with Gasteiger partial charge in [0.25, 0.3) is 0 Å². The first-order valence-electron chi connectivity index (χ1n) is 5.65. The lowest BCUT2D eigenvalue weighted by molar-refractivity contribution is 0.626. The Morgan fingerprint density at radius 3 is 2.94 bits per heavy atom. The van der Waals surface area contributed by atoms with Crippen LogP contribution in [0.1, 0.15) is 11.3 Å². The molecule has 0 aliphatic rings. The molecule has 2 heterocycles. The zero-order chi connectivity index (χ0) is 12.5. The third-order valence-corrected chi connectivity index (χ3v) is 2.82. The average molecular weight is 242 g/mol. The van der Waals surface area contributed by atoms with Crippen LogP contribution in [0.3, 0.4) is 0 Å². The Labute approximate surface area is 103 Å². The van der Waals surface area contributed by atoms with Crippen molar-refractivity contribution in [1.29, 1.82) is 0 Å². The number of rotatable bonds is 2. The third kappa shape index (κ3) is 2.05. The molecule has 0 radical (unpaired) electrons. The first-order chi connectivity index (χ1) is 8.70. The van der Waals surface area contributed by atoms with Crippen LogP contribution in [0, 0.1) is 5.82 Å². The number of hydrogen-bond acceptors (Lipinski definition) is 1. The van der Waals surface area contributed by atoms with Crippen LogP contribution in [0.15, 0.2) is 53.6 Å². The van der Waals surface area contributed by atoms with Gasteiger partial charge in [0.05, 0.1) is 0 Å². The van der Waals surface area contributed by atoms with Crippen LogP contribution in [0.4, 0.5) is 4.39 Å². The number of hydrogen-bond donors (Lipinski definition) is 1. The molecule has 0 amide bonds. The summed E-state index contributed by atoms with van der Waals surface area (Å²) in [6, 6.07) is 9.54. The van der Waals surface area contributed by atoms with Gasteiger partial charge in [-0.25, -0.2) is 4.39 Å². The zero-order valence-electron chi connectivity index (χ0n) is 9.56. The van der Waals surface area contributed by atoms with Crippen LogP contribution in [-0.4, -0.2) is 9.38 Å². The van der Waals surface area contributed by atoms with Gasteiger partial charge in [-0.2, -0.15) is 0 Å². The molecule has 1 aromatic carbocycles. The summed E-state index contributed by atoms with van der Waals surface area (Å²) in [7, 11) is 0. The molecule has 2 aromatic heterocycles. The number of pyridine rings is 1. The topological polar surface area (TPSA) is 37.3 Å². The van der Waals surface area contributed by atoms with Gasteiger partial charge in [-0.3, -0.25) is 4.79 Å². The van der Waals surface area contributed by atoms with Gasteiger partial charge in [0.1, 0.15) is 11.5 Å². The number of benzene rings is 1. The number of halogens is 1. The van der Waals surface area contributed by atoms with E-state index in [4.69, 9.17) is 0 Å². The summed E-state index contributed by atoms with van der Waals surface area (Å²) in [4.78, 5) is 14.4. The molecule has 18 heavy (non-hydrogen) atoms. The highest BCUT2D eigenvalue weighted by Crippen LogP contribution is 2.11. The number of nitrogens with zero attached hydrogens (tertiary/aromatic N) is 1. The van der Waals surface area contributed by atoms with Crippen molar-refractivity contribution in [1.82, 2.24) is 9.38 Å². The molecule has 90 valence electrons. The minimum Gasteiger partial charge on any atom is -0.343 e. The van der Waals surface area contributed by atoms with Gasteiger partial charge in [0.2, 0.25) is 0 Å². The number of imidazole rings is 1. The van der Waals surface area contributed by atoms with Gasteiger partial charge in [-0.15, -0.1) is 0 Å². The summed E-state index contributed by atoms with van der Waals surface area (Å²) >= 11 is 0.